The fourth-order valence-electron chi connectivity index (χ4n) is 2.39. The third kappa shape index (κ3) is 3.20. The number of nitrogens with one attached hydrogen (secondary N) is 1. The Hall–Kier alpha value is -1.81. The van der Waals surface area contributed by atoms with Gasteiger partial charge in [0, 0.05) is 37.9 Å². The van der Waals surface area contributed by atoms with Crippen LogP contribution >= 0.6 is 0 Å². The molecule has 0 saturated heterocycles. The second-order valence-corrected chi connectivity index (χ2v) is 5.40. The highest BCUT2D eigenvalue weighted by atomic mass is 16.5. The van der Waals surface area contributed by atoms with Gasteiger partial charge in [0.1, 0.15) is 5.76 Å². The van der Waals surface area contributed by atoms with Crippen molar-refractivity contribution in [1.82, 2.24) is 10.5 Å². The molecule has 2 rings (SSSR count). The first kappa shape index (κ1) is 14.6. The van der Waals surface area contributed by atoms with Gasteiger partial charge < -0.3 is 14.7 Å². The van der Waals surface area contributed by atoms with Gasteiger partial charge in [0.2, 0.25) is 0 Å². The van der Waals surface area contributed by atoms with E-state index in [2.05, 4.69) is 46.6 Å². The molecule has 0 aliphatic carbocycles. The Bertz CT molecular complexity index is 538. The van der Waals surface area contributed by atoms with Crippen LogP contribution in [-0.4, -0.2) is 19.3 Å². The van der Waals surface area contributed by atoms with Crippen molar-refractivity contribution in [3.05, 3.63) is 46.8 Å². The van der Waals surface area contributed by atoms with Gasteiger partial charge >= 0.3 is 0 Å². The monoisotopic (exact) mass is 273 g/mol. The van der Waals surface area contributed by atoms with Crippen LogP contribution in [0.15, 0.2) is 28.8 Å². The van der Waals surface area contributed by atoms with Gasteiger partial charge in [0.15, 0.2) is 0 Å². The normalized spacial score (nSPS) is 12.4. The maximum atomic E-state index is 5.22. The third-order valence-corrected chi connectivity index (χ3v) is 3.59. The molecule has 1 heterocycles. The molecule has 0 spiro atoms. The minimum absolute atomic E-state index is 0.231. The van der Waals surface area contributed by atoms with Crippen LogP contribution in [0.2, 0.25) is 0 Å². The summed E-state index contributed by atoms with van der Waals surface area (Å²) in [6, 6.07) is 8.81. The molecule has 0 aliphatic heterocycles. The molecule has 1 atom stereocenters. The Kier molecular flexibility index (Phi) is 4.45. The molecular weight excluding hydrogens is 250 g/mol. The first-order valence-electron chi connectivity index (χ1n) is 6.91. The van der Waals surface area contributed by atoms with Crippen molar-refractivity contribution in [2.45, 2.75) is 33.4 Å². The van der Waals surface area contributed by atoms with E-state index in [1.54, 1.807) is 0 Å². The summed E-state index contributed by atoms with van der Waals surface area (Å²) in [5.74, 6) is 0.894. The first-order valence-corrected chi connectivity index (χ1v) is 6.91. The van der Waals surface area contributed by atoms with E-state index in [0.29, 0.717) is 0 Å². The van der Waals surface area contributed by atoms with Crippen LogP contribution in [0.4, 0.5) is 5.69 Å². The maximum absolute atomic E-state index is 5.22. The molecule has 0 amide bonds. The van der Waals surface area contributed by atoms with Gasteiger partial charge in [0.05, 0.1) is 5.69 Å². The second-order valence-electron chi connectivity index (χ2n) is 5.40. The highest BCUT2D eigenvalue weighted by Crippen LogP contribution is 2.21. The van der Waals surface area contributed by atoms with E-state index in [4.69, 9.17) is 4.52 Å². The molecule has 1 unspecified atom stereocenters. The van der Waals surface area contributed by atoms with Crippen molar-refractivity contribution in [3.63, 3.8) is 0 Å². The SMILES string of the molecule is Cc1noc(C)c1C(C)NCc1ccc(N(C)C)cc1. The third-order valence-electron chi connectivity index (χ3n) is 3.59. The van der Waals surface area contributed by atoms with Crippen molar-refractivity contribution >= 4 is 5.69 Å². The average Bonchev–Trinajstić information content (AvgIpc) is 2.76. The Morgan fingerprint density at radius 1 is 1.20 bits per heavy atom. The molecule has 4 heteroatoms. The second kappa shape index (κ2) is 6.09. The van der Waals surface area contributed by atoms with E-state index in [-0.39, 0.29) is 6.04 Å². The molecular formula is C16H23N3O. The van der Waals surface area contributed by atoms with Crippen LogP contribution < -0.4 is 10.2 Å². The van der Waals surface area contributed by atoms with Crippen LogP contribution in [0.5, 0.6) is 0 Å². The topological polar surface area (TPSA) is 41.3 Å². The minimum Gasteiger partial charge on any atom is -0.378 e. The van der Waals surface area contributed by atoms with Crippen molar-refractivity contribution in [2.75, 3.05) is 19.0 Å². The fraction of sp³-hybridized carbons (Fsp3) is 0.438. The molecule has 1 aromatic heterocycles. The zero-order valence-corrected chi connectivity index (χ0v) is 12.9. The Morgan fingerprint density at radius 3 is 2.35 bits per heavy atom. The van der Waals surface area contributed by atoms with E-state index < -0.39 is 0 Å². The minimum atomic E-state index is 0.231. The molecule has 2 aromatic rings. The lowest BCUT2D eigenvalue weighted by Crippen LogP contribution is -2.19. The van der Waals surface area contributed by atoms with Gasteiger partial charge in [-0.05, 0) is 38.5 Å². The van der Waals surface area contributed by atoms with Crippen molar-refractivity contribution in [3.8, 4) is 0 Å². The summed E-state index contributed by atoms with van der Waals surface area (Å²) in [4.78, 5) is 2.10. The molecule has 0 bridgehead atoms. The molecule has 0 saturated carbocycles. The lowest BCUT2D eigenvalue weighted by Gasteiger charge is -2.15. The standard InChI is InChI=1S/C16H23N3O/c1-11(16-12(2)18-20-13(16)3)17-10-14-6-8-15(9-7-14)19(4)5/h6-9,11,17H,10H2,1-5H3. The molecule has 4 nitrogen and oxygen atoms in total. The summed E-state index contributed by atoms with van der Waals surface area (Å²) < 4.78 is 5.22. The molecule has 1 aromatic carbocycles. The van der Waals surface area contributed by atoms with Crippen molar-refractivity contribution in [1.29, 1.82) is 0 Å². The zero-order chi connectivity index (χ0) is 14.7. The van der Waals surface area contributed by atoms with E-state index >= 15 is 0 Å². The quantitative estimate of drug-likeness (QED) is 0.908. The van der Waals surface area contributed by atoms with Crippen LogP contribution in [0, 0.1) is 13.8 Å². The van der Waals surface area contributed by atoms with E-state index in [1.807, 2.05) is 27.9 Å². The number of hydrogen-bond acceptors (Lipinski definition) is 4. The van der Waals surface area contributed by atoms with Gasteiger partial charge in [-0.3, -0.25) is 0 Å². The van der Waals surface area contributed by atoms with E-state index in [9.17, 15) is 0 Å². The van der Waals surface area contributed by atoms with Crippen LogP contribution in [-0.2, 0) is 6.54 Å². The number of aryl methyl sites for hydroxylation is 2. The predicted octanol–water partition coefficient (Wildman–Crippen LogP) is 3.21. The largest absolute Gasteiger partial charge is 0.378 e. The van der Waals surface area contributed by atoms with Gasteiger partial charge in [-0.2, -0.15) is 0 Å². The number of rotatable bonds is 5. The molecule has 0 aliphatic rings. The average molecular weight is 273 g/mol. The predicted molar refractivity (Wildman–Crippen MR) is 82.0 cm³/mol. The summed E-state index contributed by atoms with van der Waals surface area (Å²) in [5.41, 5.74) is 4.61. The summed E-state index contributed by atoms with van der Waals surface area (Å²) >= 11 is 0. The first-order chi connectivity index (χ1) is 9.49. The van der Waals surface area contributed by atoms with E-state index in [0.717, 1.165) is 23.6 Å². The number of nitrogens with zero attached hydrogens (tertiary/aromatic N) is 2. The number of benzene rings is 1. The number of aromatic nitrogens is 1. The Balaban J connectivity index is 1.98. The molecule has 0 fully saturated rings. The van der Waals surface area contributed by atoms with Gasteiger partial charge in [-0.25, -0.2) is 0 Å². The number of anilines is 1. The lowest BCUT2D eigenvalue weighted by molar-refractivity contribution is 0.390. The summed E-state index contributed by atoms with van der Waals surface area (Å²) in [7, 11) is 4.10. The Morgan fingerprint density at radius 2 is 1.85 bits per heavy atom. The van der Waals surface area contributed by atoms with Gasteiger partial charge in [-0.1, -0.05) is 17.3 Å². The van der Waals surface area contributed by atoms with Crippen molar-refractivity contribution in [2.24, 2.45) is 0 Å². The summed E-state index contributed by atoms with van der Waals surface area (Å²) in [6.07, 6.45) is 0. The molecule has 20 heavy (non-hydrogen) atoms. The zero-order valence-electron chi connectivity index (χ0n) is 12.9. The molecule has 108 valence electrons. The van der Waals surface area contributed by atoms with Crippen LogP contribution in [0.25, 0.3) is 0 Å². The van der Waals surface area contributed by atoms with E-state index in [1.165, 1.54) is 11.3 Å². The summed E-state index contributed by atoms with van der Waals surface area (Å²) in [5, 5.41) is 7.52. The fourth-order valence-corrected chi connectivity index (χ4v) is 2.39. The van der Waals surface area contributed by atoms with Crippen LogP contribution in [0.3, 0.4) is 0 Å². The maximum Gasteiger partial charge on any atom is 0.138 e. The molecule has 0 radical (unpaired) electrons. The molecule has 1 N–H and O–H groups in total. The Labute approximate surface area is 120 Å². The van der Waals surface area contributed by atoms with Crippen molar-refractivity contribution < 1.29 is 4.52 Å². The van der Waals surface area contributed by atoms with Crippen LogP contribution in [0.1, 0.15) is 35.5 Å². The highest BCUT2D eigenvalue weighted by molar-refractivity contribution is 5.46. The number of hydrogen-bond donors (Lipinski definition) is 1. The van der Waals surface area contributed by atoms with Gasteiger partial charge in [-0.15, -0.1) is 0 Å². The highest BCUT2D eigenvalue weighted by Gasteiger charge is 2.15. The smallest absolute Gasteiger partial charge is 0.138 e. The van der Waals surface area contributed by atoms with Gasteiger partial charge in [0.25, 0.3) is 0 Å². The summed E-state index contributed by atoms with van der Waals surface area (Å²) in [6.45, 7) is 6.91. The lowest BCUT2D eigenvalue weighted by atomic mass is 10.1.